The number of nitrogens with zero attached hydrogens (tertiary/aromatic N) is 2. The molecule has 172 valence electrons. The summed E-state index contributed by atoms with van der Waals surface area (Å²) in [7, 11) is 1.56. The summed E-state index contributed by atoms with van der Waals surface area (Å²) in [4.78, 5) is 9.19. The summed E-state index contributed by atoms with van der Waals surface area (Å²) in [6.07, 6.45) is 4.51. The molecule has 7 nitrogen and oxygen atoms in total. The van der Waals surface area contributed by atoms with Gasteiger partial charge in [0, 0.05) is 17.7 Å². The van der Waals surface area contributed by atoms with Gasteiger partial charge in [0.1, 0.15) is 17.6 Å². The van der Waals surface area contributed by atoms with E-state index in [2.05, 4.69) is 11.1 Å². The van der Waals surface area contributed by atoms with Gasteiger partial charge in [0.15, 0.2) is 6.79 Å². The Kier molecular flexibility index (Phi) is 6.41. The van der Waals surface area contributed by atoms with Gasteiger partial charge in [0.25, 0.3) is 0 Å². The van der Waals surface area contributed by atoms with Crippen molar-refractivity contribution in [2.75, 3.05) is 13.9 Å². The molecule has 7 heteroatoms. The van der Waals surface area contributed by atoms with Crippen LogP contribution >= 0.6 is 0 Å². The molecule has 3 aromatic rings. The monoisotopic (exact) mass is 448 g/mol. The van der Waals surface area contributed by atoms with Crippen molar-refractivity contribution < 1.29 is 24.1 Å². The van der Waals surface area contributed by atoms with Crippen molar-refractivity contribution in [2.24, 2.45) is 0 Å². The molecule has 1 aromatic carbocycles. The minimum Gasteiger partial charge on any atom is -0.481 e. The number of methoxy groups -OCH3 is 1. The number of fused-ring (bicyclic) bond motifs is 2. The van der Waals surface area contributed by atoms with Gasteiger partial charge in [0.05, 0.1) is 24.6 Å². The fourth-order valence-electron chi connectivity index (χ4n) is 4.51. The molecule has 2 atom stereocenters. The van der Waals surface area contributed by atoms with Gasteiger partial charge in [-0.05, 0) is 56.2 Å². The molecule has 0 radical (unpaired) electrons. The molecule has 1 N–H and O–H groups in total. The summed E-state index contributed by atoms with van der Waals surface area (Å²) in [5.41, 5.74) is 3.66. The average Bonchev–Trinajstić information content (AvgIpc) is 2.85. The maximum absolute atomic E-state index is 10.4. The first-order valence-electron chi connectivity index (χ1n) is 11.4. The van der Waals surface area contributed by atoms with E-state index in [1.54, 1.807) is 13.2 Å². The number of rotatable bonds is 7. The number of ether oxygens (including phenoxy) is 4. The predicted octanol–water partition coefficient (Wildman–Crippen LogP) is 5.08. The summed E-state index contributed by atoms with van der Waals surface area (Å²) in [5, 5.41) is 10.4. The minimum atomic E-state index is -0.593. The Labute approximate surface area is 193 Å². The lowest BCUT2D eigenvalue weighted by atomic mass is 9.93. The zero-order chi connectivity index (χ0) is 22.6. The van der Waals surface area contributed by atoms with Crippen molar-refractivity contribution in [1.82, 2.24) is 9.97 Å². The van der Waals surface area contributed by atoms with Crippen LogP contribution in [0, 0.1) is 0 Å². The van der Waals surface area contributed by atoms with Crippen molar-refractivity contribution >= 4 is 0 Å². The molecule has 0 aliphatic heterocycles. The van der Waals surface area contributed by atoms with Gasteiger partial charge >= 0.3 is 0 Å². The Bertz CT molecular complexity index is 1110. The maximum atomic E-state index is 10.4. The van der Waals surface area contributed by atoms with Crippen molar-refractivity contribution in [3.05, 3.63) is 71.0 Å². The molecule has 2 aliphatic carbocycles. The van der Waals surface area contributed by atoms with Crippen LogP contribution in [-0.2, 0) is 17.6 Å². The Balaban J connectivity index is 1.30. The van der Waals surface area contributed by atoms with E-state index in [0.29, 0.717) is 29.6 Å². The predicted molar refractivity (Wildman–Crippen MR) is 122 cm³/mol. The molecule has 0 saturated carbocycles. The van der Waals surface area contributed by atoms with Crippen molar-refractivity contribution in [1.29, 1.82) is 0 Å². The average molecular weight is 449 g/mol. The summed E-state index contributed by atoms with van der Waals surface area (Å²) in [6, 6.07) is 15.4. The number of hydrogen-bond donors (Lipinski definition) is 1. The van der Waals surface area contributed by atoms with Crippen LogP contribution in [0.1, 0.15) is 60.4 Å². The topological polar surface area (TPSA) is 82.9 Å². The summed E-state index contributed by atoms with van der Waals surface area (Å²) in [5.74, 6) is 2.39. The fraction of sp³-hybridized carbons (Fsp3) is 0.385. The normalized spacial score (nSPS) is 19.3. The number of para-hydroxylation sites is 1. The van der Waals surface area contributed by atoms with E-state index in [-0.39, 0.29) is 12.9 Å². The van der Waals surface area contributed by atoms with Crippen LogP contribution in [0.2, 0.25) is 0 Å². The van der Waals surface area contributed by atoms with E-state index in [1.807, 2.05) is 36.4 Å². The third-order valence-electron chi connectivity index (χ3n) is 6.17. The number of benzene rings is 1. The molecule has 0 fully saturated rings. The first-order valence-corrected chi connectivity index (χ1v) is 11.4. The molecule has 0 amide bonds. The van der Waals surface area contributed by atoms with Crippen LogP contribution in [-0.4, -0.2) is 29.0 Å². The smallest absolute Gasteiger partial charge is 0.219 e. The van der Waals surface area contributed by atoms with Crippen LogP contribution in [0.5, 0.6) is 23.3 Å². The molecular weight excluding hydrogens is 420 g/mol. The second-order valence-corrected chi connectivity index (χ2v) is 8.35. The van der Waals surface area contributed by atoms with E-state index in [1.165, 1.54) is 5.56 Å². The van der Waals surface area contributed by atoms with Gasteiger partial charge in [-0.2, -0.15) is 0 Å². The summed E-state index contributed by atoms with van der Waals surface area (Å²) < 4.78 is 23.4. The van der Waals surface area contributed by atoms with Gasteiger partial charge in [-0.3, -0.25) is 0 Å². The third kappa shape index (κ3) is 4.79. The highest BCUT2D eigenvalue weighted by Crippen LogP contribution is 2.37. The van der Waals surface area contributed by atoms with E-state index < -0.39 is 6.10 Å². The molecule has 0 spiro atoms. The lowest BCUT2D eigenvalue weighted by Gasteiger charge is -2.26. The van der Waals surface area contributed by atoms with Crippen LogP contribution in [0.3, 0.4) is 0 Å². The third-order valence-corrected chi connectivity index (χ3v) is 6.17. The van der Waals surface area contributed by atoms with Crippen LogP contribution in [0.15, 0.2) is 48.5 Å². The van der Waals surface area contributed by atoms with Crippen LogP contribution < -0.4 is 14.2 Å². The number of aliphatic hydroxyl groups is 1. The van der Waals surface area contributed by atoms with E-state index in [0.717, 1.165) is 49.1 Å². The highest BCUT2D eigenvalue weighted by Gasteiger charge is 2.26. The van der Waals surface area contributed by atoms with Crippen molar-refractivity contribution in [2.45, 2.75) is 50.7 Å². The summed E-state index contributed by atoms with van der Waals surface area (Å²) in [6.45, 7) is 0.0747. The highest BCUT2D eigenvalue weighted by molar-refractivity contribution is 5.42. The molecule has 0 saturated heterocycles. The first kappa shape index (κ1) is 21.7. The Morgan fingerprint density at radius 2 is 1.76 bits per heavy atom. The zero-order valence-electron chi connectivity index (χ0n) is 18.7. The maximum Gasteiger partial charge on any atom is 0.219 e. The lowest BCUT2D eigenvalue weighted by Crippen LogP contribution is -2.19. The second-order valence-electron chi connectivity index (χ2n) is 8.35. The van der Waals surface area contributed by atoms with Crippen molar-refractivity contribution in [3.63, 3.8) is 0 Å². The van der Waals surface area contributed by atoms with Crippen molar-refractivity contribution in [3.8, 4) is 23.3 Å². The first-order chi connectivity index (χ1) is 16.2. The molecule has 2 heterocycles. The molecular formula is C26H28N2O5. The molecule has 2 aromatic heterocycles. The Morgan fingerprint density at radius 1 is 0.939 bits per heavy atom. The standard InChI is InChI=1S/C26H28N2O5/c1-30-24-15-22(19-10-6-11-20(29)26(19)28-24)32-16-31-21-12-5-7-17-13-14-23(27-25(17)21)33-18-8-3-2-4-9-18/h2-4,8-9,13-15,20-21,29H,5-7,10-12,16H2,1H3. The minimum absolute atomic E-state index is 0.0747. The van der Waals surface area contributed by atoms with E-state index >= 15 is 0 Å². The van der Waals surface area contributed by atoms with E-state index in [4.69, 9.17) is 23.9 Å². The summed E-state index contributed by atoms with van der Waals surface area (Å²) >= 11 is 0. The molecule has 2 aliphatic rings. The van der Waals surface area contributed by atoms with Gasteiger partial charge < -0.3 is 24.1 Å². The number of aliphatic hydroxyl groups excluding tert-OH is 1. The van der Waals surface area contributed by atoms with Gasteiger partial charge in [-0.25, -0.2) is 9.97 Å². The van der Waals surface area contributed by atoms with Gasteiger partial charge in [-0.1, -0.05) is 24.3 Å². The van der Waals surface area contributed by atoms with Gasteiger partial charge in [0.2, 0.25) is 11.8 Å². The largest absolute Gasteiger partial charge is 0.481 e. The molecule has 5 rings (SSSR count). The number of hydrogen-bond acceptors (Lipinski definition) is 7. The fourth-order valence-corrected chi connectivity index (χ4v) is 4.51. The number of aryl methyl sites for hydroxylation is 1. The molecule has 0 bridgehead atoms. The Hall–Kier alpha value is -3.16. The van der Waals surface area contributed by atoms with E-state index in [9.17, 15) is 5.11 Å². The Morgan fingerprint density at radius 3 is 2.61 bits per heavy atom. The number of pyridine rings is 2. The zero-order valence-corrected chi connectivity index (χ0v) is 18.7. The highest BCUT2D eigenvalue weighted by atomic mass is 16.7. The second kappa shape index (κ2) is 9.77. The SMILES string of the molecule is COc1cc(OCOC2CCCc3ccc(Oc4ccccc4)nc32)c2c(n1)C(O)CCC2. The van der Waals surface area contributed by atoms with Gasteiger partial charge in [-0.15, -0.1) is 0 Å². The molecule has 2 unspecified atom stereocenters. The quantitative estimate of drug-likeness (QED) is 0.505. The van der Waals surface area contributed by atoms with Crippen LogP contribution in [0.25, 0.3) is 0 Å². The molecule has 33 heavy (non-hydrogen) atoms. The van der Waals surface area contributed by atoms with Crippen LogP contribution in [0.4, 0.5) is 0 Å². The number of aromatic nitrogens is 2. The lowest BCUT2D eigenvalue weighted by molar-refractivity contribution is -0.0469.